The molecule has 0 aromatic carbocycles. The molecule has 0 aliphatic carbocycles. The molecular formula is C12H16N4O2S. The zero-order valence-electron chi connectivity index (χ0n) is 10.8. The number of aryl methyl sites for hydroxylation is 2. The van der Waals surface area contributed by atoms with E-state index in [4.69, 9.17) is 0 Å². The molecule has 0 bridgehead atoms. The van der Waals surface area contributed by atoms with E-state index in [0.29, 0.717) is 17.9 Å². The highest BCUT2D eigenvalue weighted by Crippen LogP contribution is 2.08. The van der Waals surface area contributed by atoms with Crippen LogP contribution in [0, 0.1) is 6.92 Å². The molecule has 0 radical (unpaired) electrons. The standard InChI is InChI=1S/C12H16N4O2S/c1-3-11-14-8-12(16-11)19(17,18)15-7-10-9(2)5-4-6-13-10/h4-6,8,15H,3,7H2,1-2H3,(H,14,16). The Balaban J connectivity index is 2.12. The molecule has 0 spiro atoms. The van der Waals surface area contributed by atoms with Gasteiger partial charge >= 0.3 is 0 Å². The Morgan fingerprint density at radius 1 is 1.37 bits per heavy atom. The third-order valence-electron chi connectivity index (χ3n) is 2.78. The summed E-state index contributed by atoms with van der Waals surface area (Å²) in [7, 11) is -3.57. The maximum Gasteiger partial charge on any atom is 0.257 e. The second-order valence-corrected chi connectivity index (χ2v) is 5.87. The molecule has 0 atom stereocenters. The van der Waals surface area contributed by atoms with Gasteiger partial charge in [0.2, 0.25) is 0 Å². The predicted octanol–water partition coefficient (Wildman–Crippen LogP) is 1.15. The first-order chi connectivity index (χ1) is 9.03. The number of imidazole rings is 1. The second-order valence-electron chi connectivity index (χ2n) is 4.14. The van der Waals surface area contributed by atoms with Crippen LogP contribution in [0.15, 0.2) is 29.6 Å². The lowest BCUT2D eigenvalue weighted by atomic mass is 10.2. The van der Waals surface area contributed by atoms with Crippen LogP contribution in [0.25, 0.3) is 0 Å². The van der Waals surface area contributed by atoms with Gasteiger partial charge in [-0.2, -0.15) is 0 Å². The summed E-state index contributed by atoms with van der Waals surface area (Å²) in [5.41, 5.74) is 1.66. The Kier molecular flexibility index (Phi) is 3.96. The predicted molar refractivity (Wildman–Crippen MR) is 71.0 cm³/mol. The molecule has 2 N–H and O–H groups in total. The summed E-state index contributed by atoms with van der Waals surface area (Å²) in [5.74, 6) is 0.648. The van der Waals surface area contributed by atoms with Crippen LogP contribution >= 0.6 is 0 Å². The molecule has 0 aliphatic heterocycles. The van der Waals surface area contributed by atoms with E-state index in [1.165, 1.54) is 6.20 Å². The molecule has 102 valence electrons. The summed E-state index contributed by atoms with van der Waals surface area (Å²) < 4.78 is 26.6. The SMILES string of the molecule is CCc1ncc(S(=O)(=O)NCc2ncccc2C)[nH]1. The molecule has 2 heterocycles. The number of pyridine rings is 1. The Bertz CT molecular complexity index is 664. The molecule has 0 aliphatic rings. The Labute approximate surface area is 112 Å². The smallest absolute Gasteiger partial charge is 0.257 e. The van der Waals surface area contributed by atoms with Gasteiger partial charge in [0, 0.05) is 12.6 Å². The molecule has 7 heteroatoms. The van der Waals surface area contributed by atoms with Crippen molar-refractivity contribution in [3.8, 4) is 0 Å². The van der Waals surface area contributed by atoms with Gasteiger partial charge in [0.1, 0.15) is 5.82 Å². The van der Waals surface area contributed by atoms with Gasteiger partial charge in [-0.1, -0.05) is 13.0 Å². The third kappa shape index (κ3) is 3.18. The van der Waals surface area contributed by atoms with Crippen molar-refractivity contribution in [3.05, 3.63) is 41.6 Å². The number of hydrogen-bond donors (Lipinski definition) is 2. The number of aromatic nitrogens is 3. The molecule has 0 fully saturated rings. The van der Waals surface area contributed by atoms with Crippen LogP contribution in [0.5, 0.6) is 0 Å². The third-order valence-corrected chi connectivity index (χ3v) is 4.09. The fourth-order valence-electron chi connectivity index (χ4n) is 1.60. The highest BCUT2D eigenvalue weighted by Gasteiger charge is 2.17. The van der Waals surface area contributed by atoms with Crippen LogP contribution in [0.2, 0.25) is 0 Å². The molecule has 19 heavy (non-hydrogen) atoms. The van der Waals surface area contributed by atoms with Gasteiger partial charge < -0.3 is 4.98 Å². The van der Waals surface area contributed by atoms with Crippen LogP contribution in [0.4, 0.5) is 0 Å². The number of nitrogens with zero attached hydrogens (tertiary/aromatic N) is 2. The van der Waals surface area contributed by atoms with Crippen LogP contribution in [-0.4, -0.2) is 23.4 Å². The first-order valence-corrected chi connectivity index (χ1v) is 7.45. The van der Waals surface area contributed by atoms with Gasteiger partial charge in [0.15, 0.2) is 5.03 Å². The van der Waals surface area contributed by atoms with Crippen LogP contribution in [-0.2, 0) is 23.0 Å². The van der Waals surface area contributed by atoms with E-state index in [1.54, 1.807) is 6.20 Å². The maximum absolute atomic E-state index is 12.0. The minimum absolute atomic E-state index is 0.0814. The fourth-order valence-corrected chi connectivity index (χ4v) is 2.53. The monoisotopic (exact) mass is 280 g/mol. The maximum atomic E-state index is 12.0. The van der Waals surface area contributed by atoms with Crippen molar-refractivity contribution in [2.24, 2.45) is 0 Å². The van der Waals surface area contributed by atoms with E-state index < -0.39 is 10.0 Å². The first kappa shape index (κ1) is 13.7. The topological polar surface area (TPSA) is 87.7 Å². The summed E-state index contributed by atoms with van der Waals surface area (Å²) in [4.78, 5) is 10.9. The zero-order chi connectivity index (χ0) is 13.9. The highest BCUT2D eigenvalue weighted by molar-refractivity contribution is 7.89. The second kappa shape index (κ2) is 5.50. The minimum Gasteiger partial charge on any atom is -0.332 e. The number of aromatic amines is 1. The van der Waals surface area contributed by atoms with Crippen molar-refractivity contribution in [2.75, 3.05) is 0 Å². The van der Waals surface area contributed by atoms with Crippen LogP contribution < -0.4 is 4.72 Å². The van der Waals surface area contributed by atoms with Crippen molar-refractivity contribution in [1.82, 2.24) is 19.7 Å². The number of nitrogens with one attached hydrogen (secondary N) is 2. The molecule has 0 saturated heterocycles. The summed E-state index contributed by atoms with van der Waals surface area (Å²) in [6.07, 6.45) is 3.63. The van der Waals surface area contributed by atoms with Crippen molar-refractivity contribution < 1.29 is 8.42 Å². The lowest BCUT2D eigenvalue weighted by Crippen LogP contribution is -2.24. The molecule has 0 unspecified atom stereocenters. The van der Waals surface area contributed by atoms with Gasteiger partial charge in [-0.15, -0.1) is 0 Å². The molecule has 0 amide bonds. The number of sulfonamides is 1. The van der Waals surface area contributed by atoms with E-state index in [9.17, 15) is 8.42 Å². The van der Waals surface area contributed by atoms with Crippen molar-refractivity contribution in [1.29, 1.82) is 0 Å². The van der Waals surface area contributed by atoms with Gasteiger partial charge in [-0.25, -0.2) is 18.1 Å². The minimum atomic E-state index is -3.57. The lowest BCUT2D eigenvalue weighted by molar-refractivity contribution is 0.576. The number of rotatable bonds is 5. The summed E-state index contributed by atoms with van der Waals surface area (Å²) in [5, 5.41) is 0.0814. The van der Waals surface area contributed by atoms with Gasteiger partial charge in [0.05, 0.1) is 18.4 Å². The molecule has 2 aromatic rings. The van der Waals surface area contributed by atoms with Crippen LogP contribution in [0.3, 0.4) is 0 Å². The van der Waals surface area contributed by atoms with E-state index in [2.05, 4.69) is 19.7 Å². The van der Waals surface area contributed by atoms with E-state index in [0.717, 1.165) is 5.56 Å². The first-order valence-electron chi connectivity index (χ1n) is 5.97. The summed E-state index contributed by atoms with van der Waals surface area (Å²) in [6, 6.07) is 3.71. The molecule has 2 rings (SSSR count). The van der Waals surface area contributed by atoms with Crippen LogP contribution in [0.1, 0.15) is 24.0 Å². The Morgan fingerprint density at radius 2 is 2.16 bits per heavy atom. The highest BCUT2D eigenvalue weighted by atomic mass is 32.2. The van der Waals surface area contributed by atoms with E-state index in [-0.39, 0.29) is 11.6 Å². The van der Waals surface area contributed by atoms with Crippen molar-refractivity contribution in [2.45, 2.75) is 31.8 Å². The van der Waals surface area contributed by atoms with Gasteiger partial charge in [-0.3, -0.25) is 4.98 Å². The van der Waals surface area contributed by atoms with Gasteiger partial charge in [0.25, 0.3) is 10.0 Å². The zero-order valence-corrected chi connectivity index (χ0v) is 11.7. The Hall–Kier alpha value is -1.73. The Morgan fingerprint density at radius 3 is 2.79 bits per heavy atom. The van der Waals surface area contributed by atoms with Crippen molar-refractivity contribution >= 4 is 10.0 Å². The average Bonchev–Trinajstić information content (AvgIpc) is 2.87. The number of hydrogen-bond acceptors (Lipinski definition) is 4. The van der Waals surface area contributed by atoms with E-state index >= 15 is 0 Å². The normalized spacial score (nSPS) is 11.7. The van der Waals surface area contributed by atoms with Crippen molar-refractivity contribution in [3.63, 3.8) is 0 Å². The summed E-state index contributed by atoms with van der Waals surface area (Å²) in [6.45, 7) is 3.96. The fraction of sp³-hybridized carbons (Fsp3) is 0.333. The average molecular weight is 280 g/mol. The molecule has 2 aromatic heterocycles. The van der Waals surface area contributed by atoms with E-state index in [1.807, 2.05) is 26.0 Å². The van der Waals surface area contributed by atoms with Gasteiger partial charge in [-0.05, 0) is 18.6 Å². The largest absolute Gasteiger partial charge is 0.332 e. The number of H-pyrrole nitrogens is 1. The quantitative estimate of drug-likeness (QED) is 0.860. The lowest BCUT2D eigenvalue weighted by Gasteiger charge is -2.06. The molecular weight excluding hydrogens is 264 g/mol. The molecule has 6 nitrogen and oxygen atoms in total. The molecule has 0 saturated carbocycles. The summed E-state index contributed by atoms with van der Waals surface area (Å²) >= 11 is 0.